The lowest BCUT2D eigenvalue weighted by atomic mass is 9.87. The van der Waals surface area contributed by atoms with Gasteiger partial charge in [0.25, 0.3) is 5.91 Å². The van der Waals surface area contributed by atoms with E-state index in [0.29, 0.717) is 62.1 Å². The Labute approximate surface area is 327 Å². The molecular formula is C41H53N5O9S. The number of nitrogens with one attached hydrogen (secondary N) is 3. The van der Waals surface area contributed by atoms with Crippen molar-refractivity contribution in [3.63, 3.8) is 0 Å². The molecule has 0 radical (unpaired) electrons. The maximum absolute atomic E-state index is 14.8. The van der Waals surface area contributed by atoms with E-state index in [1.807, 2.05) is 37.3 Å². The highest BCUT2D eigenvalue weighted by Crippen LogP contribution is 2.49. The molecule has 4 amide bonds. The van der Waals surface area contributed by atoms with E-state index in [0.717, 1.165) is 55.0 Å². The highest BCUT2D eigenvalue weighted by molar-refractivity contribution is 7.91. The molecule has 302 valence electrons. The molecule has 8 rings (SSSR count). The molecule has 6 aliphatic rings. The summed E-state index contributed by atoms with van der Waals surface area (Å²) in [6.07, 6.45) is 12.2. The fourth-order valence-corrected chi connectivity index (χ4v) is 10.4. The summed E-state index contributed by atoms with van der Waals surface area (Å²) in [5.41, 5.74) is -0.0209. The molecule has 0 bridgehead atoms. The van der Waals surface area contributed by atoms with Gasteiger partial charge >= 0.3 is 6.09 Å². The van der Waals surface area contributed by atoms with Crippen molar-refractivity contribution in [2.75, 3.05) is 13.7 Å². The van der Waals surface area contributed by atoms with Crippen LogP contribution >= 0.6 is 0 Å². The second-order valence-corrected chi connectivity index (χ2v) is 19.3. The van der Waals surface area contributed by atoms with E-state index in [4.69, 9.17) is 19.2 Å². The zero-order valence-corrected chi connectivity index (χ0v) is 33.3. The summed E-state index contributed by atoms with van der Waals surface area (Å²) >= 11 is 0. The molecule has 4 fully saturated rings. The molecule has 15 heteroatoms. The Bertz CT molecular complexity index is 2080. The van der Waals surface area contributed by atoms with Crippen LogP contribution in [-0.2, 0) is 35.6 Å². The average Bonchev–Trinajstić information content (AvgIpc) is 3.96. The molecule has 1 aromatic carbocycles. The van der Waals surface area contributed by atoms with E-state index in [9.17, 15) is 27.6 Å². The van der Waals surface area contributed by atoms with Gasteiger partial charge in [-0.15, -0.1) is 0 Å². The van der Waals surface area contributed by atoms with Crippen LogP contribution < -0.4 is 24.8 Å². The number of alkyl carbamates (subject to hydrolysis) is 1. The van der Waals surface area contributed by atoms with Crippen LogP contribution in [0, 0.1) is 12.8 Å². The second kappa shape index (κ2) is 14.5. The second-order valence-electron chi connectivity index (χ2n) is 17.1. The first kappa shape index (κ1) is 38.5. The van der Waals surface area contributed by atoms with Crippen molar-refractivity contribution in [3.05, 3.63) is 41.6 Å². The Balaban J connectivity index is 1.12. The topological polar surface area (TPSA) is 182 Å². The fraction of sp³-hybridized carbons (Fsp3) is 0.634. The molecule has 4 heterocycles. The Morgan fingerprint density at radius 3 is 2.55 bits per heavy atom. The number of methoxy groups -OCH3 is 1. The molecule has 1 aromatic heterocycles. The maximum atomic E-state index is 14.8. The molecule has 5 atom stereocenters. The SMILES string of the molecule is COc1ccc2nc(C)c3c(c2c1)CC[C@]1(C[C@H]2C(=O)N[C@]4(C(=O)NS(=O)(=O)C5(C)CC5)C[C@H]4/C=C\CCCCC[C@H](NC(=O)OC4CCCC4)C(=O)N2C1)O3. The fourth-order valence-electron chi connectivity index (χ4n) is 9.13. The number of nitrogens with zero attached hydrogens (tertiary/aromatic N) is 2. The Hall–Kier alpha value is -4.40. The summed E-state index contributed by atoms with van der Waals surface area (Å²) in [4.78, 5) is 63.0. The van der Waals surface area contributed by atoms with Crippen molar-refractivity contribution in [1.29, 1.82) is 0 Å². The molecule has 56 heavy (non-hydrogen) atoms. The molecule has 3 N–H and O–H groups in total. The minimum absolute atomic E-state index is 0.0596. The van der Waals surface area contributed by atoms with Crippen molar-refractivity contribution in [3.8, 4) is 11.5 Å². The van der Waals surface area contributed by atoms with E-state index in [-0.39, 0.29) is 25.5 Å². The molecule has 3 aliphatic heterocycles. The molecule has 3 aliphatic carbocycles. The number of aryl methyl sites for hydroxylation is 2. The predicted octanol–water partition coefficient (Wildman–Crippen LogP) is 4.65. The van der Waals surface area contributed by atoms with Gasteiger partial charge in [0.1, 0.15) is 40.8 Å². The van der Waals surface area contributed by atoms with Gasteiger partial charge in [0, 0.05) is 23.3 Å². The summed E-state index contributed by atoms with van der Waals surface area (Å²) in [5, 5.41) is 6.73. The van der Waals surface area contributed by atoms with Gasteiger partial charge in [0.2, 0.25) is 21.8 Å². The number of amides is 4. The molecule has 0 unspecified atom stereocenters. The number of pyridine rings is 1. The number of carbonyl (C=O) groups excluding carboxylic acids is 4. The van der Waals surface area contributed by atoms with Crippen LogP contribution in [0.1, 0.15) is 108 Å². The van der Waals surface area contributed by atoms with Gasteiger partial charge in [-0.05, 0) is 109 Å². The monoisotopic (exact) mass is 791 g/mol. The third-order valence-corrected chi connectivity index (χ3v) is 15.2. The number of fused-ring (bicyclic) bond motifs is 5. The van der Waals surface area contributed by atoms with Crippen LogP contribution in [0.3, 0.4) is 0 Å². The minimum atomic E-state index is -3.98. The highest BCUT2D eigenvalue weighted by atomic mass is 32.2. The van der Waals surface area contributed by atoms with Gasteiger partial charge in [-0.25, -0.2) is 18.2 Å². The average molecular weight is 792 g/mol. The molecule has 1 saturated heterocycles. The van der Waals surface area contributed by atoms with Crippen molar-refractivity contribution < 1.29 is 41.8 Å². The van der Waals surface area contributed by atoms with E-state index in [1.54, 1.807) is 14.0 Å². The van der Waals surface area contributed by atoms with E-state index in [1.165, 1.54) is 4.90 Å². The predicted molar refractivity (Wildman–Crippen MR) is 206 cm³/mol. The van der Waals surface area contributed by atoms with Crippen LogP contribution in [0.2, 0.25) is 0 Å². The third-order valence-electron chi connectivity index (χ3n) is 13.0. The zero-order chi connectivity index (χ0) is 39.5. The number of sulfonamides is 1. The Morgan fingerprint density at radius 2 is 1.80 bits per heavy atom. The van der Waals surface area contributed by atoms with Crippen LogP contribution in [0.5, 0.6) is 11.5 Å². The van der Waals surface area contributed by atoms with Gasteiger partial charge in [-0.1, -0.05) is 25.0 Å². The van der Waals surface area contributed by atoms with Crippen molar-refractivity contribution in [1.82, 2.24) is 25.2 Å². The summed E-state index contributed by atoms with van der Waals surface area (Å²) in [6.45, 7) is 3.54. The molecule has 14 nitrogen and oxygen atoms in total. The number of hydrogen-bond donors (Lipinski definition) is 3. The first-order chi connectivity index (χ1) is 26.8. The van der Waals surface area contributed by atoms with Crippen LogP contribution in [-0.4, -0.2) is 89.8 Å². The number of allylic oxidation sites excluding steroid dienone is 1. The van der Waals surface area contributed by atoms with Gasteiger partial charge in [-0.3, -0.25) is 19.1 Å². The minimum Gasteiger partial charge on any atom is -0.497 e. The molecule has 3 saturated carbocycles. The first-order valence-electron chi connectivity index (χ1n) is 20.2. The molecular weight excluding hydrogens is 739 g/mol. The summed E-state index contributed by atoms with van der Waals surface area (Å²) in [7, 11) is -2.37. The van der Waals surface area contributed by atoms with E-state index >= 15 is 0 Å². The van der Waals surface area contributed by atoms with Crippen molar-refractivity contribution in [2.24, 2.45) is 5.92 Å². The summed E-state index contributed by atoms with van der Waals surface area (Å²) in [5.74, 6) is -0.911. The van der Waals surface area contributed by atoms with Gasteiger partial charge in [0.15, 0.2) is 0 Å². The highest BCUT2D eigenvalue weighted by Gasteiger charge is 2.64. The van der Waals surface area contributed by atoms with Gasteiger partial charge < -0.3 is 29.7 Å². The smallest absolute Gasteiger partial charge is 0.408 e. The van der Waals surface area contributed by atoms with Crippen LogP contribution in [0.4, 0.5) is 4.79 Å². The maximum Gasteiger partial charge on any atom is 0.408 e. The quantitative estimate of drug-likeness (QED) is 0.349. The number of aromatic nitrogens is 1. The van der Waals surface area contributed by atoms with Gasteiger partial charge in [0.05, 0.1) is 29.6 Å². The first-order valence-corrected chi connectivity index (χ1v) is 21.7. The van der Waals surface area contributed by atoms with Crippen LogP contribution in [0.25, 0.3) is 10.9 Å². The number of rotatable bonds is 6. The zero-order valence-electron chi connectivity index (χ0n) is 32.5. The third kappa shape index (κ3) is 7.20. The van der Waals surface area contributed by atoms with Crippen LogP contribution in [0.15, 0.2) is 30.4 Å². The summed E-state index contributed by atoms with van der Waals surface area (Å²) < 4.78 is 45.9. The number of carbonyl (C=O) groups is 4. The Kier molecular flexibility index (Phi) is 9.97. The van der Waals surface area contributed by atoms with Crippen molar-refractivity contribution >= 4 is 44.7 Å². The standard InChI is InChI=1S/C41H53N5O9S/c1-25-34-29(30-21-28(53-3)15-16-31(30)42-25)17-18-40(55-34)23-33-35(47)44-41(37(49)45-56(51,52)39(2)19-20-39)22-26(41)11-7-5-4-6-8-14-32(36(48)46(33)24-40)43-38(50)54-27-12-9-10-13-27/h7,11,15-16,21,26-27,32-33H,4-6,8-10,12-14,17-20,22-24H2,1-3H3,(H,43,50)(H,44,47)(H,45,49)/b11-7-/t26-,32+,33+,40-,41-/m1/s1. The van der Waals surface area contributed by atoms with E-state index < -0.39 is 67.7 Å². The lowest BCUT2D eigenvalue weighted by Gasteiger charge is -2.36. The number of ether oxygens (including phenoxy) is 3. The normalized spacial score (nSPS) is 30.8. The van der Waals surface area contributed by atoms with E-state index in [2.05, 4.69) is 15.4 Å². The lowest BCUT2D eigenvalue weighted by molar-refractivity contribution is -0.141. The number of hydrogen-bond acceptors (Lipinski definition) is 10. The Morgan fingerprint density at radius 1 is 1.04 bits per heavy atom. The largest absolute Gasteiger partial charge is 0.497 e. The van der Waals surface area contributed by atoms with Crippen molar-refractivity contribution in [2.45, 2.75) is 144 Å². The molecule has 1 spiro atoms. The van der Waals surface area contributed by atoms with Gasteiger partial charge in [-0.2, -0.15) is 0 Å². The molecule has 2 aromatic rings. The summed E-state index contributed by atoms with van der Waals surface area (Å²) in [6, 6.07) is 3.68. The number of benzene rings is 1. The lowest BCUT2D eigenvalue weighted by Crippen LogP contribution is -2.58.